The number of amides is 3. The summed E-state index contributed by atoms with van der Waals surface area (Å²) in [6, 6.07) is 11.4. The monoisotopic (exact) mass is 549 g/mol. The number of anilines is 2. The molecule has 8 nitrogen and oxygen atoms in total. The molecule has 2 aliphatic heterocycles. The van der Waals surface area contributed by atoms with Crippen molar-refractivity contribution < 1.29 is 18.8 Å². The number of hydrogen-bond donors (Lipinski definition) is 2. The molecular weight excluding hydrogens is 509 g/mol. The van der Waals surface area contributed by atoms with Gasteiger partial charge in [-0.2, -0.15) is 0 Å². The Morgan fingerprint density at radius 2 is 1.50 bits per heavy atom. The molecule has 0 atom stereocenters. The molecule has 3 aliphatic rings. The third-order valence-corrected chi connectivity index (χ3v) is 8.30. The van der Waals surface area contributed by atoms with E-state index in [1.807, 2.05) is 23.1 Å². The van der Waals surface area contributed by atoms with Gasteiger partial charge in [0.2, 0.25) is 5.91 Å². The molecule has 2 aromatic rings. The maximum atomic E-state index is 13.7. The van der Waals surface area contributed by atoms with Gasteiger partial charge in [0.15, 0.2) is 0 Å². The first-order valence-electron chi connectivity index (χ1n) is 14.7. The van der Waals surface area contributed by atoms with Crippen molar-refractivity contribution >= 4 is 29.1 Å². The Balaban J connectivity index is 1.36. The summed E-state index contributed by atoms with van der Waals surface area (Å²) in [5, 5.41) is 6.52. The van der Waals surface area contributed by atoms with Crippen molar-refractivity contribution in [3.63, 3.8) is 0 Å². The lowest BCUT2D eigenvalue weighted by Gasteiger charge is -2.28. The molecule has 2 aromatic carbocycles. The van der Waals surface area contributed by atoms with E-state index in [9.17, 15) is 18.8 Å². The molecule has 2 N–H and O–H groups in total. The van der Waals surface area contributed by atoms with Gasteiger partial charge in [-0.25, -0.2) is 4.39 Å². The van der Waals surface area contributed by atoms with Crippen molar-refractivity contribution in [3.8, 4) is 0 Å². The highest BCUT2D eigenvalue weighted by molar-refractivity contribution is 6.00. The van der Waals surface area contributed by atoms with E-state index in [-0.39, 0.29) is 23.6 Å². The van der Waals surface area contributed by atoms with Crippen LogP contribution in [0.15, 0.2) is 42.5 Å². The number of nitrogens with one attached hydrogen (secondary N) is 2. The zero-order valence-electron chi connectivity index (χ0n) is 23.2. The van der Waals surface area contributed by atoms with Crippen LogP contribution in [-0.2, 0) is 4.79 Å². The topological polar surface area (TPSA) is 85.0 Å². The molecule has 0 radical (unpaired) electrons. The molecule has 0 bridgehead atoms. The molecule has 2 heterocycles. The number of benzene rings is 2. The Kier molecular flexibility index (Phi) is 9.31. The van der Waals surface area contributed by atoms with E-state index in [0.29, 0.717) is 56.1 Å². The molecular formula is C31H40FN5O3. The summed E-state index contributed by atoms with van der Waals surface area (Å²) < 4.78 is 13.7. The third kappa shape index (κ3) is 6.81. The second kappa shape index (κ2) is 13.3. The highest BCUT2D eigenvalue weighted by Gasteiger charge is 2.26. The van der Waals surface area contributed by atoms with Crippen molar-refractivity contribution in [2.75, 3.05) is 62.6 Å². The Morgan fingerprint density at radius 3 is 2.30 bits per heavy atom. The fourth-order valence-corrected chi connectivity index (χ4v) is 6.04. The molecule has 214 valence electrons. The van der Waals surface area contributed by atoms with Gasteiger partial charge >= 0.3 is 0 Å². The summed E-state index contributed by atoms with van der Waals surface area (Å²) >= 11 is 0. The lowest BCUT2D eigenvalue weighted by Crippen LogP contribution is -2.36. The smallest absolute Gasteiger partial charge is 0.254 e. The van der Waals surface area contributed by atoms with E-state index >= 15 is 0 Å². The molecule has 5 rings (SSSR count). The second-order valence-corrected chi connectivity index (χ2v) is 11.1. The SMILES string of the molecule is O=C(Nc1cc(C(=O)N2CCCNCC2)ccc1N1CCCN(C(=O)c2cccc(F)c2)CC1)C1CCCCC1. The molecule has 1 aliphatic carbocycles. The molecule has 0 unspecified atom stereocenters. The first-order valence-corrected chi connectivity index (χ1v) is 14.7. The van der Waals surface area contributed by atoms with Crippen LogP contribution in [0.3, 0.4) is 0 Å². The summed E-state index contributed by atoms with van der Waals surface area (Å²) in [6.07, 6.45) is 6.72. The van der Waals surface area contributed by atoms with Crippen molar-refractivity contribution in [3.05, 3.63) is 59.4 Å². The lowest BCUT2D eigenvalue weighted by molar-refractivity contribution is -0.120. The number of halogens is 1. The van der Waals surface area contributed by atoms with Crippen LogP contribution < -0.4 is 15.5 Å². The summed E-state index contributed by atoms with van der Waals surface area (Å²) in [5.41, 5.74) is 2.43. The van der Waals surface area contributed by atoms with Gasteiger partial charge in [-0.05, 0) is 68.6 Å². The Hall–Kier alpha value is -3.46. The van der Waals surface area contributed by atoms with Gasteiger partial charge in [-0.15, -0.1) is 0 Å². The maximum absolute atomic E-state index is 13.7. The molecule has 0 spiro atoms. The summed E-state index contributed by atoms with van der Waals surface area (Å²) in [5.74, 6) is -0.624. The van der Waals surface area contributed by atoms with E-state index in [0.717, 1.165) is 57.3 Å². The van der Waals surface area contributed by atoms with Crippen LogP contribution in [-0.4, -0.2) is 79.9 Å². The zero-order chi connectivity index (χ0) is 27.9. The summed E-state index contributed by atoms with van der Waals surface area (Å²) in [6.45, 7) is 5.35. The van der Waals surface area contributed by atoms with E-state index in [1.165, 1.54) is 18.6 Å². The fourth-order valence-electron chi connectivity index (χ4n) is 6.04. The Bertz CT molecular complexity index is 1210. The molecule has 0 aromatic heterocycles. The average molecular weight is 550 g/mol. The van der Waals surface area contributed by atoms with Gasteiger partial charge in [0.1, 0.15) is 5.82 Å². The van der Waals surface area contributed by atoms with Crippen LogP contribution in [0.5, 0.6) is 0 Å². The van der Waals surface area contributed by atoms with Gasteiger partial charge in [0, 0.05) is 62.9 Å². The van der Waals surface area contributed by atoms with Gasteiger partial charge in [0.05, 0.1) is 11.4 Å². The number of rotatable bonds is 5. The minimum Gasteiger partial charge on any atom is -0.368 e. The van der Waals surface area contributed by atoms with Crippen LogP contribution in [0.4, 0.5) is 15.8 Å². The van der Waals surface area contributed by atoms with Crippen molar-refractivity contribution in [1.29, 1.82) is 0 Å². The summed E-state index contributed by atoms with van der Waals surface area (Å²) in [7, 11) is 0. The molecule has 9 heteroatoms. The zero-order valence-corrected chi connectivity index (χ0v) is 23.2. The average Bonchev–Trinajstić information content (AvgIpc) is 3.41. The van der Waals surface area contributed by atoms with Crippen molar-refractivity contribution in [1.82, 2.24) is 15.1 Å². The minimum atomic E-state index is -0.424. The maximum Gasteiger partial charge on any atom is 0.254 e. The minimum absolute atomic E-state index is 0.0128. The van der Waals surface area contributed by atoms with Crippen LogP contribution in [0, 0.1) is 11.7 Å². The van der Waals surface area contributed by atoms with Crippen LogP contribution in [0.1, 0.15) is 65.7 Å². The molecule has 2 saturated heterocycles. The third-order valence-electron chi connectivity index (χ3n) is 8.30. The summed E-state index contributed by atoms with van der Waals surface area (Å²) in [4.78, 5) is 45.6. The number of carbonyl (C=O) groups is 3. The quantitative estimate of drug-likeness (QED) is 0.586. The molecule has 1 saturated carbocycles. The van der Waals surface area contributed by atoms with Gasteiger partial charge < -0.3 is 25.3 Å². The number of carbonyl (C=O) groups excluding carboxylic acids is 3. The van der Waals surface area contributed by atoms with Crippen LogP contribution >= 0.6 is 0 Å². The van der Waals surface area contributed by atoms with Gasteiger partial charge in [-0.1, -0.05) is 25.3 Å². The number of nitrogens with zero attached hydrogens (tertiary/aromatic N) is 3. The largest absolute Gasteiger partial charge is 0.368 e. The molecule has 40 heavy (non-hydrogen) atoms. The second-order valence-electron chi connectivity index (χ2n) is 11.1. The van der Waals surface area contributed by atoms with Gasteiger partial charge in [0.25, 0.3) is 11.8 Å². The fraction of sp³-hybridized carbons (Fsp3) is 0.516. The van der Waals surface area contributed by atoms with Crippen molar-refractivity contribution in [2.24, 2.45) is 5.92 Å². The highest BCUT2D eigenvalue weighted by Crippen LogP contribution is 2.32. The highest BCUT2D eigenvalue weighted by atomic mass is 19.1. The normalized spacial score (nSPS) is 19.1. The molecule has 3 amide bonds. The van der Waals surface area contributed by atoms with Crippen LogP contribution in [0.2, 0.25) is 0 Å². The predicted molar refractivity (Wildman–Crippen MR) is 154 cm³/mol. The first kappa shape index (κ1) is 28.1. The van der Waals surface area contributed by atoms with E-state index in [2.05, 4.69) is 15.5 Å². The van der Waals surface area contributed by atoms with Crippen molar-refractivity contribution in [2.45, 2.75) is 44.9 Å². The Labute approximate surface area is 235 Å². The predicted octanol–water partition coefficient (Wildman–Crippen LogP) is 4.13. The van der Waals surface area contributed by atoms with E-state index in [4.69, 9.17) is 0 Å². The number of hydrogen-bond acceptors (Lipinski definition) is 5. The van der Waals surface area contributed by atoms with Crippen LogP contribution in [0.25, 0.3) is 0 Å². The lowest BCUT2D eigenvalue weighted by atomic mass is 9.88. The van der Waals surface area contributed by atoms with E-state index < -0.39 is 5.82 Å². The van der Waals surface area contributed by atoms with Gasteiger partial charge in [-0.3, -0.25) is 14.4 Å². The Morgan fingerprint density at radius 1 is 0.750 bits per heavy atom. The van der Waals surface area contributed by atoms with E-state index in [1.54, 1.807) is 17.0 Å². The first-order chi connectivity index (χ1) is 19.5. The molecule has 3 fully saturated rings. The standard InChI is InChI=1S/C31H40FN5O3/c32-26-10-4-9-24(21-26)30(39)37-17-6-16-35(19-20-37)28-12-11-25(31(40)36-15-5-13-33-14-18-36)22-27(28)34-29(38)23-7-2-1-3-8-23/h4,9-12,21-23,33H,1-3,5-8,13-20H2,(H,34,38).